The minimum absolute atomic E-state index is 0.00152. The van der Waals surface area contributed by atoms with Crippen LogP contribution in [-0.2, 0) is 5.41 Å². The molecule has 0 spiro atoms. The molecule has 0 saturated heterocycles. The maximum atomic E-state index is 17.3. The van der Waals surface area contributed by atoms with E-state index in [4.69, 9.17) is 6.58 Å². The van der Waals surface area contributed by atoms with Crippen LogP contribution < -0.4 is 0 Å². The monoisotopic (exact) mass is 1070 g/mol. The van der Waals surface area contributed by atoms with Gasteiger partial charge in [0.05, 0.1) is 0 Å². The summed E-state index contributed by atoms with van der Waals surface area (Å²) in [5, 5.41) is 0. The SMILES string of the molecule is C=C/C(F)=C(\C=C/C)C(=C(/C)C1=CC=C(C2=C=C(C(C)(C)C)C=C2)C(CC)C1)/C(=C(C)/C(=C(C)/C(=C(/C(=C)CCCC)C(C)c1ccc(-c2ccc(C(C)(C)C)cc2)cc1)c1ccccc1)c1c(C)cc(C)cc1C)c1ccccc1. The van der Waals surface area contributed by atoms with Gasteiger partial charge in [0.25, 0.3) is 0 Å². The number of allylic oxidation sites excluding steroid dienone is 21. The van der Waals surface area contributed by atoms with E-state index in [9.17, 15) is 0 Å². The molecule has 5 aromatic carbocycles. The molecular weight excluding hydrogens is 980 g/mol. The van der Waals surface area contributed by atoms with Crippen LogP contribution in [-0.4, -0.2) is 0 Å². The zero-order valence-corrected chi connectivity index (χ0v) is 52.1. The number of benzene rings is 5. The molecule has 0 heterocycles. The van der Waals surface area contributed by atoms with E-state index in [0.717, 1.165) is 87.8 Å². The molecule has 0 nitrogen and oxygen atoms in total. The number of unbranched alkanes of at least 4 members (excludes halogenated alkanes) is 1. The third kappa shape index (κ3) is 13.9. The normalized spacial score (nSPS) is 16.8. The lowest BCUT2D eigenvalue weighted by molar-refractivity contribution is 0.519. The van der Waals surface area contributed by atoms with Crippen LogP contribution in [0.5, 0.6) is 0 Å². The van der Waals surface area contributed by atoms with Crippen LogP contribution in [0, 0.1) is 32.1 Å². The molecule has 2 aliphatic rings. The summed E-state index contributed by atoms with van der Waals surface area (Å²) >= 11 is 0. The quantitative estimate of drug-likeness (QED) is 0.0571. The van der Waals surface area contributed by atoms with Crippen molar-refractivity contribution in [2.75, 3.05) is 0 Å². The van der Waals surface area contributed by atoms with Crippen LogP contribution in [0.25, 0.3) is 27.8 Å². The Morgan fingerprint density at radius 1 is 0.716 bits per heavy atom. The second-order valence-corrected chi connectivity index (χ2v) is 24.8. The molecule has 7 rings (SSSR count). The lowest BCUT2D eigenvalue weighted by Crippen LogP contribution is -2.12. The topological polar surface area (TPSA) is 0 Å². The number of aryl methyl sites for hydroxylation is 3. The standard InChI is InChI=1S/C80H91F/c1-19-23-31-53(6)74(56(9)61-36-38-62(39-37-61)63-40-44-68(45-41-63)79(13,14)15)76(64-32-26-24-27-33-64)58(11)75(73-54(7)48-52(5)49-55(73)8)59(12)77(65-34-28-25-29-35-65)78(71(30-20-2)72(81)22-4)57(10)66-43-47-70(60(21-3)50-66)67-42-46-69(51-67)80(16,17)18/h20,22,24-30,32-49,56,60H,4,6,19,21,23,31,50H2,1-3,5,7-18H3/b30-20-,72-71-,75-58-,76-74+,77-59+,78-57+. The van der Waals surface area contributed by atoms with Crippen LogP contribution in [0.3, 0.4) is 0 Å². The Labute approximate surface area is 489 Å². The molecule has 2 unspecified atom stereocenters. The van der Waals surface area contributed by atoms with Crippen molar-refractivity contribution in [3.8, 4) is 11.1 Å². The van der Waals surface area contributed by atoms with Crippen molar-refractivity contribution in [3.05, 3.63) is 294 Å². The largest absolute Gasteiger partial charge is 0.206 e. The molecule has 0 bridgehead atoms. The van der Waals surface area contributed by atoms with Crippen molar-refractivity contribution >= 4 is 16.7 Å². The van der Waals surface area contributed by atoms with Crippen LogP contribution in [0.2, 0.25) is 0 Å². The summed E-state index contributed by atoms with van der Waals surface area (Å²) < 4.78 is 17.3. The fraction of sp³-hybridized carbons (Fsp3) is 0.312. The Morgan fingerprint density at radius 3 is 1.78 bits per heavy atom. The van der Waals surface area contributed by atoms with Crippen molar-refractivity contribution in [1.29, 1.82) is 0 Å². The Morgan fingerprint density at radius 2 is 1.27 bits per heavy atom. The molecule has 0 aliphatic heterocycles. The molecule has 2 atom stereocenters. The minimum atomic E-state index is -0.365. The highest BCUT2D eigenvalue weighted by molar-refractivity contribution is 6.04. The number of halogens is 1. The van der Waals surface area contributed by atoms with E-state index in [1.807, 2.05) is 19.1 Å². The molecule has 0 saturated carbocycles. The smallest absolute Gasteiger partial charge is 0.130 e. The van der Waals surface area contributed by atoms with Crippen molar-refractivity contribution in [1.82, 2.24) is 0 Å². The van der Waals surface area contributed by atoms with Gasteiger partial charge in [-0.25, -0.2) is 4.39 Å². The Kier molecular flexibility index (Phi) is 20.1. The van der Waals surface area contributed by atoms with Crippen LogP contribution in [0.4, 0.5) is 4.39 Å². The van der Waals surface area contributed by atoms with Gasteiger partial charge in [-0.1, -0.05) is 239 Å². The Balaban J connectivity index is 1.64. The predicted molar refractivity (Wildman–Crippen MR) is 353 cm³/mol. The third-order valence-electron chi connectivity index (χ3n) is 16.8. The summed E-state index contributed by atoms with van der Waals surface area (Å²) in [6.07, 6.45) is 19.1. The highest BCUT2D eigenvalue weighted by Crippen LogP contribution is 2.50. The van der Waals surface area contributed by atoms with E-state index >= 15 is 4.39 Å². The number of rotatable bonds is 19. The zero-order chi connectivity index (χ0) is 58.9. The molecule has 2 aliphatic carbocycles. The van der Waals surface area contributed by atoms with Crippen molar-refractivity contribution in [2.24, 2.45) is 11.3 Å². The van der Waals surface area contributed by atoms with Gasteiger partial charge in [-0.05, 0) is 215 Å². The van der Waals surface area contributed by atoms with Crippen LogP contribution >= 0.6 is 0 Å². The summed E-state index contributed by atoms with van der Waals surface area (Å²) in [6.45, 7) is 45.1. The fourth-order valence-corrected chi connectivity index (χ4v) is 12.3. The van der Waals surface area contributed by atoms with Crippen LogP contribution in [0.1, 0.15) is 173 Å². The molecular formula is C80H91F. The zero-order valence-electron chi connectivity index (χ0n) is 52.1. The van der Waals surface area contributed by atoms with Gasteiger partial charge in [0.2, 0.25) is 0 Å². The number of hydrogen-bond acceptors (Lipinski definition) is 0. The van der Waals surface area contributed by atoms with Gasteiger partial charge in [-0.2, -0.15) is 0 Å². The van der Waals surface area contributed by atoms with Gasteiger partial charge in [-0.15, -0.1) is 5.73 Å². The molecule has 5 aromatic rings. The highest BCUT2D eigenvalue weighted by atomic mass is 19.1. The van der Waals surface area contributed by atoms with Gasteiger partial charge in [0.1, 0.15) is 5.83 Å². The second-order valence-electron chi connectivity index (χ2n) is 24.8. The van der Waals surface area contributed by atoms with E-state index in [1.165, 1.54) is 78.4 Å². The van der Waals surface area contributed by atoms with Gasteiger partial charge in [0.15, 0.2) is 0 Å². The first-order valence-electron chi connectivity index (χ1n) is 29.8. The highest BCUT2D eigenvalue weighted by Gasteiger charge is 2.31. The molecule has 0 aromatic heterocycles. The maximum absolute atomic E-state index is 17.3. The number of hydrogen-bond donors (Lipinski definition) is 0. The summed E-state index contributed by atoms with van der Waals surface area (Å²) in [5.74, 6) is -0.132. The molecule has 1 heteroatoms. The third-order valence-corrected chi connectivity index (χ3v) is 16.8. The average molecular weight is 1070 g/mol. The second kappa shape index (κ2) is 26.5. The predicted octanol–water partition coefficient (Wildman–Crippen LogP) is 23.5. The van der Waals surface area contributed by atoms with E-state index < -0.39 is 0 Å². The first-order chi connectivity index (χ1) is 38.5. The lowest BCUT2D eigenvalue weighted by Gasteiger charge is -2.30. The maximum Gasteiger partial charge on any atom is 0.130 e. The van der Waals surface area contributed by atoms with Crippen molar-refractivity contribution in [2.45, 2.75) is 154 Å². The van der Waals surface area contributed by atoms with Crippen molar-refractivity contribution < 1.29 is 4.39 Å². The Hall–Kier alpha value is -7.31. The summed E-state index contributed by atoms with van der Waals surface area (Å²) in [7, 11) is 0. The van der Waals surface area contributed by atoms with Crippen molar-refractivity contribution in [3.63, 3.8) is 0 Å². The fourth-order valence-electron chi connectivity index (χ4n) is 12.3. The molecule has 0 fully saturated rings. The van der Waals surface area contributed by atoms with Gasteiger partial charge in [-0.3, -0.25) is 0 Å². The van der Waals surface area contributed by atoms with Gasteiger partial charge in [0, 0.05) is 22.6 Å². The molecule has 0 amide bonds. The molecule has 81 heavy (non-hydrogen) atoms. The lowest BCUT2D eigenvalue weighted by atomic mass is 9.74. The first kappa shape index (κ1) is 61.3. The Bertz CT molecular complexity index is 3490. The average Bonchev–Trinajstić information content (AvgIpc) is 4.00. The van der Waals surface area contributed by atoms with Gasteiger partial charge >= 0.3 is 0 Å². The molecule has 0 radical (unpaired) electrons. The van der Waals surface area contributed by atoms with E-state index in [2.05, 4.69) is 262 Å². The summed E-state index contributed by atoms with van der Waals surface area (Å²) in [5.41, 5.74) is 30.9. The van der Waals surface area contributed by atoms with E-state index in [-0.39, 0.29) is 28.5 Å². The minimum Gasteiger partial charge on any atom is -0.206 e. The molecule has 418 valence electrons. The van der Waals surface area contributed by atoms with Crippen LogP contribution in [0.15, 0.2) is 250 Å². The first-order valence-corrected chi connectivity index (χ1v) is 29.8. The van der Waals surface area contributed by atoms with E-state index in [1.54, 1.807) is 0 Å². The summed E-state index contributed by atoms with van der Waals surface area (Å²) in [6, 6.07) is 44.6. The van der Waals surface area contributed by atoms with E-state index in [0.29, 0.717) is 5.57 Å². The summed E-state index contributed by atoms with van der Waals surface area (Å²) in [4.78, 5) is 0. The molecule has 0 N–H and O–H groups in total. The van der Waals surface area contributed by atoms with Gasteiger partial charge < -0.3 is 0 Å².